The standard InChI is InChI=1S/C15H21NO4S/c1-2-16(11-5-13-18)21(19,20)15-9-7-14(8-10-15)6-3-4-12-17/h7-10,17-18H,2,4-5,11-13H2,1H3. The Morgan fingerprint density at radius 3 is 2.33 bits per heavy atom. The van der Waals surface area contributed by atoms with E-state index >= 15 is 0 Å². The number of hydrogen-bond acceptors (Lipinski definition) is 4. The highest BCUT2D eigenvalue weighted by molar-refractivity contribution is 7.89. The average molecular weight is 311 g/mol. The summed E-state index contributed by atoms with van der Waals surface area (Å²) in [6, 6.07) is 6.36. The predicted octanol–water partition coefficient (Wildman–Crippen LogP) is 0.813. The van der Waals surface area contributed by atoms with E-state index in [-0.39, 0.29) is 18.1 Å². The lowest BCUT2D eigenvalue weighted by Gasteiger charge is -2.20. The Bertz CT molecular complexity index is 584. The molecule has 1 aromatic carbocycles. The van der Waals surface area contributed by atoms with Crippen LogP contribution >= 0.6 is 0 Å². The minimum Gasteiger partial charge on any atom is -0.396 e. The third-order valence-corrected chi connectivity index (χ3v) is 4.87. The van der Waals surface area contributed by atoms with Gasteiger partial charge in [-0.25, -0.2) is 8.42 Å². The van der Waals surface area contributed by atoms with E-state index in [2.05, 4.69) is 11.8 Å². The van der Waals surface area contributed by atoms with E-state index in [0.29, 0.717) is 31.5 Å². The van der Waals surface area contributed by atoms with E-state index in [4.69, 9.17) is 10.2 Å². The fourth-order valence-corrected chi connectivity index (χ4v) is 3.26. The topological polar surface area (TPSA) is 77.8 Å². The van der Waals surface area contributed by atoms with Gasteiger partial charge in [0.25, 0.3) is 0 Å². The minimum absolute atomic E-state index is 0.00970. The second-order valence-electron chi connectivity index (χ2n) is 4.37. The molecule has 0 saturated heterocycles. The molecule has 21 heavy (non-hydrogen) atoms. The van der Waals surface area contributed by atoms with Crippen LogP contribution in [0.5, 0.6) is 0 Å². The normalized spacial score (nSPS) is 11.2. The molecule has 0 amide bonds. The molecule has 0 fully saturated rings. The molecule has 0 aliphatic rings. The third kappa shape index (κ3) is 5.14. The van der Waals surface area contributed by atoms with Crippen LogP contribution in [0.25, 0.3) is 0 Å². The van der Waals surface area contributed by atoms with Crippen molar-refractivity contribution in [3.05, 3.63) is 29.8 Å². The second-order valence-corrected chi connectivity index (χ2v) is 6.31. The van der Waals surface area contributed by atoms with Crippen molar-refractivity contribution >= 4 is 10.0 Å². The Labute approximate surface area is 126 Å². The summed E-state index contributed by atoms with van der Waals surface area (Å²) in [5.41, 5.74) is 0.709. The Kier molecular flexibility index (Phi) is 7.40. The lowest BCUT2D eigenvalue weighted by atomic mass is 10.2. The molecule has 1 rings (SSSR count). The number of nitrogens with zero attached hydrogens (tertiary/aromatic N) is 1. The first kappa shape index (κ1) is 17.7. The molecule has 2 N–H and O–H groups in total. The number of hydrogen-bond donors (Lipinski definition) is 2. The minimum atomic E-state index is -3.53. The summed E-state index contributed by atoms with van der Waals surface area (Å²) in [6.45, 7) is 2.40. The number of sulfonamides is 1. The van der Waals surface area contributed by atoms with Crippen molar-refractivity contribution in [1.29, 1.82) is 0 Å². The third-order valence-electron chi connectivity index (χ3n) is 2.88. The summed E-state index contributed by atoms with van der Waals surface area (Å²) >= 11 is 0. The quantitative estimate of drug-likeness (QED) is 0.731. The van der Waals surface area contributed by atoms with E-state index in [1.807, 2.05) is 0 Å². The van der Waals surface area contributed by atoms with Crippen LogP contribution < -0.4 is 0 Å². The first-order valence-electron chi connectivity index (χ1n) is 6.87. The van der Waals surface area contributed by atoms with E-state index in [1.54, 1.807) is 19.1 Å². The largest absolute Gasteiger partial charge is 0.396 e. The van der Waals surface area contributed by atoms with Gasteiger partial charge in [-0.2, -0.15) is 4.31 Å². The van der Waals surface area contributed by atoms with Gasteiger partial charge in [-0.3, -0.25) is 0 Å². The van der Waals surface area contributed by atoms with Gasteiger partial charge in [-0.1, -0.05) is 18.8 Å². The molecule has 0 saturated carbocycles. The summed E-state index contributed by atoms with van der Waals surface area (Å²) in [4.78, 5) is 0.218. The Balaban J connectivity index is 2.91. The van der Waals surface area contributed by atoms with Crippen molar-refractivity contribution in [2.75, 3.05) is 26.3 Å². The summed E-state index contributed by atoms with van der Waals surface area (Å²) < 4.78 is 26.2. The van der Waals surface area contributed by atoms with Crippen LogP contribution in [0.1, 0.15) is 25.3 Å². The van der Waals surface area contributed by atoms with E-state index in [1.165, 1.54) is 16.4 Å². The van der Waals surface area contributed by atoms with Gasteiger partial charge in [0.2, 0.25) is 10.0 Å². The summed E-state index contributed by atoms with van der Waals surface area (Å²) in [5, 5.41) is 17.5. The average Bonchev–Trinajstić information content (AvgIpc) is 2.48. The zero-order valence-corrected chi connectivity index (χ0v) is 12.9. The van der Waals surface area contributed by atoms with E-state index in [0.717, 1.165) is 0 Å². The van der Waals surface area contributed by atoms with Crippen molar-refractivity contribution in [3.8, 4) is 11.8 Å². The van der Waals surface area contributed by atoms with Crippen molar-refractivity contribution in [3.63, 3.8) is 0 Å². The molecule has 0 spiro atoms. The maximum absolute atomic E-state index is 12.4. The van der Waals surface area contributed by atoms with E-state index in [9.17, 15) is 8.42 Å². The van der Waals surface area contributed by atoms with Crippen molar-refractivity contribution in [1.82, 2.24) is 4.31 Å². The molecule has 116 valence electrons. The van der Waals surface area contributed by atoms with Crippen molar-refractivity contribution < 1.29 is 18.6 Å². The van der Waals surface area contributed by atoms with Gasteiger partial charge in [0.05, 0.1) is 11.5 Å². The fourth-order valence-electron chi connectivity index (χ4n) is 1.78. The van der Waals surface area contributed by atoms with Crippen LogP contribution in [-0.2, 0) is 10.0 Å². The first-order valence-corrected chi connectivity index (χ1v) is 8.31. The first-order chi connectivity index (χ1) is 10.1. The van der Waals surface area contributed by atoms with Gasteiger partial charge >= 0.3 is 0 Å². The van der Waals surface area contributed by atoms with Crippen molar-refractivity contribution in [2.24, 2.45) is 0 Å². The van der Waals surface area contributed by atoms with E-state index < -0.39 is 10.0 Å². The van der Waals surface area contributed by atoms with Gasteiger partial charge in [0, 0.05) is 31.7 Å². The molecule has 6 heteroatoms. The van der Waals surface area contributed by atoms with Crippen LogP contribution in [0, 0.1) is 11.8 Å². The van der Waals surface area contributed by atoms with Crippen LogP contribution in [0.15, 0.2) is 29.2 Å². The molecule has 0 atom stereocenters. The second kappa shape index (κ2) is 8.80. The van der Waals surface area contributed by atoms with Crippen LogP contribution in [0.2, 0.25) is 0 Å². The Hall–Kier alpha value is -1.39. The van der Waals surface area contributed by atoms with Gasteiger partial charge in [-0.05, 0) is 30.7 Å². The SMILES string of the molecule is CCN(CCCO)S(=O)(=O)c1ccc(C#CCCO)cc1. The highest BCUT2D eigenvalue weighted by Crippen LogP contribution is 2.16. The zero-order valence-electron chi connectivity index (χ0n) is 12.1. The number of aliphatic hydroxyl groups excluding tert-OH is 2. The number of benzene rings is 1. The summed E-state index contributed by atoms with van der Waals surface area (Å²) in [5.74, 6) is 5.63. The molecular weight excluding hydrogens is 290 g/mol. The van der Waals surface area contributed by atoms with Crippen molar-refractivity contribution in [2.45, 2.75) is 24.7 Å². The highest BCUT2D eigenvalue weighted by Gasteiger charge is 2.22. The molecule has 0 aliphatic heterocycles. The predicted molar refractivity (Wildman–Crippen MR) is 81.2 cm³/mol. The molecule has 0 bridgehead atoms. The van der Waals surface area contributed by atoms with Gasteiger partial charge < -0.3 is 10.2 Å². The maximum Gasteiger partial charge on any atom is 0.243 e. The molecule has 1 aromatic rings. The smallest absolute Gasteiger partial charge is 0.243 e. The molecule has 0 heterocycles. The van der Waals surface area contributed by atoms with Gasteiger partial charge in [-0.15, -0.1) is 0 Å². The zero-order chi connectivity index (χ0) is 15.7. The molecular formula is C15H21NO4S. The lowest BCUT2D eigenvalue weighted by molar-refractivity contribution is 0.271. The molecule has 0 aromatic heterocycles. The Morgan fingerprint density at radius 1 is 1.14 bits per heavy atom. The summed E-state index contributed by atoms with van der Waals surface area (Å²) in [7, 11) is -3.53. The molecule has 5 nitrogen and oxygen atoms in total. The van der Waals surface area contributed by atoms with Crippen LogP contribution in [0.3, 0.4) is 0 Å². The Morgan fingerprint density at radius 2 is 1.81 bits per heavy atom. The fraction of sp³-hybridized carbons (Fsp3) is 0.467. The molecule has 0 aliphatic carbocycles. The van der Waals surface area contributed by atoms with Gasteiger partial charge in [0.1, 0.15) is 0 Å². The van der Waals surface area contributed by atoms with Crippen LogP contribution in [0.4, 0.5) is 0 Å². The maximum atomic E-state index is 12.4. The van der Waals surface area contributed by atoms with Gasteiger partial charge in [0.15, 0.2) is 0 Å². The number of rotatable bonds is 7. The highest BCUT2D eigenvalue weighted by atomic mass is 32.2. The lowest BCUT2D eigenvalue weighted by Crippen LogP contribution is -2.32. The molecule has 0 radical (unpaired) electrons. The van der Waals surface area contributed by atoms with Crippen LogP contribution in [-0.4, -0.2) is 49.2 Å². The summed E-state index contributed by atoms with van der Waals surface area (Å²) in [6.07, 6.45) is 0.808. The number of aliphatic hydroxyl groups is 2. The molecule has 0 unspecified atom stereocenters. The monoisotopic (exact) mass is 311 g/mol.